The van der Waals surface area contributed by atoms with Gasteiger partial charge in [0.15, 0.2) is 0 Å². The van der Waals surface area contributed by atoms with E-state index < -0.39 is 18.1 Å². The van der Waals surface area contributed by atoms with Gasteiger partial charge in [-0.2, -0.15) is 0 Å². The minimum absolute atomic E-state index is 0.0450. The Labute approximate surface area is 146 Å². The Morgan fingerprint density at radius 2 is 1.84 bits per heavy atom. The Kier molecular flexibility index (Phi) is 6.74. The van der Waals surface area contributed by atoms with Gasteiger partial charge in [-0.15, -0.1) is 0 Å². The zero-order valence-electron chi connectivity index (χ0n) is 14.7. The van der Waals surface area contributed by atoms with Crippen LogP contribution in [0, 0.1) is 5.92 Å². The van der Waals surface area contributed by atoms with E-state index in [0.29, 0.717) is 26.2 Å². The van der Waals surface area contributed by atoms with Crippen molar-refractivity contribution in [3.63, 3.8) is 0 Å². The predicted molar refractivity (Wildman–Crippen MR) is 88.3 cm³/mol. The lowest BCUT2D eigenvalue weighted by Crippen LogP contribution is -2.60. The standard InChI is InChI=1S/C16H26N4O5/c1-10(2)9-25-14(22)8-12-16(24)19-5-6-20(12)13(21)7-11-15(23)18-4-3-17-11/h10-12,17H,3-9H2,1-2H3,(H,18,23)(H,19,24). The number of nitrogens with one attached hydrogen (secondary N) is 3. The Morgan fingerprint density at radius 3 is 2.52 bits per heavy atom. The van der Waals surface area contributed by atoms with E-state index in [1.807, 2.05) is 13.8 Å². The van der Waals surface area contributed by atoms with Gasteiger partial charge in [0.1, 0.15) is 6.04 Å². The number of nitrogens with zero attached hydrogens (tertiary/aromatic N) is 1. The zero-order valence-corrected chi connectivity index (χ0v) is 14.7. The number of esters is 1. The van der Waals surface area contributed by atoms with E-state index >= 15 is 0 Å². The highest BCUT2D eigenvalue weighted by molar-refractivity contribution is 5.94. The topological polar surface area (TPSA) is 117 Å². The molecule has 3 N–H and O–H groups in total. The van der Waals surface area contributed by atoms with Crippen LogP contribution >= 0.6 is 0 Å². The molecule has 0 aliphatic carbocycles. The third-order valence-electron chi connectivity index (χ3n) is 4.10. The van der Waals surface area contributed by atoms with E-state index in [2.05, 4.69) is 16.0 Å². The summed E-state index contributed by atoms with van der Waals surface area (Å²) in [5.41, 5.74) is 0. The van der Waals surface area contributed by atoms with Gasteiger partial charge in [-0.1, -0.05) is 13.8 Å². The number of hydrogen-bond donors (Lipinski definition) is 3. The Bertz CT molecular complexity index is 537. The number of rotatable bonds is 6. The van der Waals surface area contributed by atoms with Crippen LogP contribution in [-0.2, 0) is 23.9 Å². The van der Waals surface area contributed by atoms with E-state index in [-0.39, 0.29) is 43.1 Å². The second-order valence-electron chi connectivity index (χ2n) is 6.68. The van der Waals surface area contributed by atoms with Crippen molar-refractivity contribution in [2.75, 3.05) is 32.8 Å². The van der Waals surface area contributed by atoms with Crippen LogP contribution in [0.1, 0.15) is 26.7 Å². The van der Waals surface area contributed by atoms with E-state index in [9.17, 15) is 19.2 Å². The van der Waals surface area contributed by atoms with Crippen LogP contribution in [0.5, 0.6) is 0 Å². The van der Waals surface area contributed by atoms with Crippen LogP contribution in [0.3, 0.4) is 0 Å². The molecule has 9 nitrogen and oxygen atoms in total. The predicted octanol–water partition coefficient (Wildman–Crippen LogP) is -1.62. The SMILES string of the molecule is CC(C)COC(=O)CC1C(=O)NCCN1C(=O)CC1NCCNC1=O. The lowest BCUT2D eigenvalue weighted by Gasteiger charge is -2.35. The van der Waals surface area contributed by atoms with E-state index in [1.165, 1.54) is 4.90 Å². The van der Waals surface area contributed by atoms with Crippen LogP contribution < -0.4 is 16.0 Å². The summed E-state index contributed by atoms with van der Waals surface area (Å²) in [4.78, 5) is 49.8. The maximum Gasteiger partial charge on any atom is 0.308 e. The molecule has 2 saturated heterocycles. The molecule has 2 aliphatic heterocycles. The molecule has 2 heterocycles. The molecule has 0 aromatic rings. The van der Waals surface area contributed by atoms with Gasteiger partial charge in [0.05, 0.1) is 25.5 Å². The Morgan fingerprint density at radius 1 is 1.12 bits per heavy atom. The van der Waals surface area contributed by atoms with Gasteiger partial charge in [0.2, 0.25) is 17.7 Å². The van der Waals surface area contributed by atoms with Crippen molar-refractivity contribution in [1.29, 1.82) is 0 Å². The van der Waals surface area contributed by atoms with Gasteiger partial charge in [0, 0.05) is 26.2 Å². The minimum Gasteiger partial charge on any atom is -0.465 e. The third kappa shape index (κ3) is 5.42. The highest BCUT2D eigenvalue weighted by Crippen LogP contribution is 2.13. The average Bonchev–Trinajstić information content (AvgIpc) is 2.56. The van der Waals surface area contributed by atoms with Crippen molar-refractivity contribution in [3.8, 4) is 0 Å². The number of carbonyl (C=O) groups excluding carboxylic acids is 4. The summed E-state index contributed by atoms with van der Waals surface area (Å²) in [5.74, 6) is -1.25. The van der Waals surface area contributed by atoms with Crippen LogP contribution in [0.15, 0.2) is 0 Å². The molecule has 2 fully saturated rings. The average molecular weight is 354 g/mol. The Balaban J connectivity index is 1.97. The molecule has 2 atom stereocenters. The molecule has 25 heavy (non-hydrogen) atoms. The van der Waals surface area contributed by atoms with Crippen molar-refractivity contribution in [3.05, 3.63) is 0 Å². The quantitative estimate of drug-likeness (QED) is 0.494. The fraction of sp³-hybridized carbons (Fsp3) is 0.750. The molecule has 9 heteroatoms. The van der Waals surface area contributed by atoms with E-state index in [0.717, 1.165) is 0 Å². The van der Waals surface area contributed by atoms with Gasteiger partial charge >= 0.3 is 5.97 Å². The summed E-state index contributed by atoms with van der Waals surface area (Å²) in [6.45, 7) is 5.85. The monoisotopic (exact) mass is 354 g/mol. The van der Waals surface area contributed by atoms with Gasteiger partial charge < -0.3 is 25.6 Å². The van der Waals surface area contributed by atoms with Crippen molar-refractivity contribution in [2.45, 2.75) is 38.8 Å². The zero-order chi connectivity index (χ0) is 18.4. The number of carbonyl (C=O) groups is 4. The van der Waals surface area contributed by atoms with Crippen LogP contribution in [0.25, 0.3) is 0 Å². The molecule has 2 aliphatic rings. The number of piperazine rings is 2. The summed E-state index contributed by atoms with van der Waals surface area (Å²) < 4.78 is 5.12. The van der Waals surface area contributed by atoms with Crippen LogP contribution in [0.4, 0.5) is 0 Å². The van der Waals surface area contributed by atoms with Crippen molar-refractivity contribution in [2.24, 2.45) is 5.92 Å². The highest BCUT2D eigenvalue weighted by Gasteiger charge is 2.37. The number of hydrogen-bond acceptors (Lipinski definition) is 6. The molecular formula is C16H26N4O5. The highest BCUT2D eigenvalue weighted by atomic mass is 16.5. The van der Waals surface area contributed by atoms with Gasteiger partial charge in [-0.3, -0.25) is 19.2 Å². The third-order valence-corrected chi connectivity index (χ3v) is 4.10. The second kappa shape index (κ2) is 8.80. The van der Waals surface area contributed by atoms with Crippen molar-refractivity contribution in [1.82, 2.24) is 20.9 Å². The van der Waals surface area contributed by atoms with Crippen LogP contribution in [-0.4, -0.2) is 73.5 Å². The molecule has 2 rings (SSSR count). The van der Waals surface area contributed by atoms with Crippen molar-refractivity contribution >= 4 is 23.7 Å². The largest absolute Gasteiger partial charge is 0.465 e. The lowest BCUT2D eigenvalue weighted by atomic mass is 10.1. The molecule has 0 spiro atoms. The second-order valence-corrected chi connectivity index (χ2v) is 6.68. The maximum absolute atomic E-state index is 12.6. The first kappa shape index (κ1) is 19.2. The van der Waals surface area contributed by atoms with E-state index in [1.54, 1.807) is 0 Å². The molecule has 140 valence electrons. The fourth-order valence-corrected chi connectivity index (χ4v) is 2.80. The first-order valence-corrected chi connectivity index (χ1v) is 8.62. The molecule has 3 amide bonds. The smallest absolute Gasteiger partial charge is 0.308 e. The molecule has 2 unspecified atom stereocenters. The fourth-order valence-electron chi connectivity index (χ4n) is 2.80. The maximum atomic E-state index is 12.6. The van der Waals surface area contributed by atoms with Crippen LogP contribution in [0.2, 0.25) is 0 Å². The van der Waals surface area contributed by atoms with Gasteiger partial charge in [-0.25, -0.2) is 0 Å². The summed E-state index contributed by atoms with van der Waals surface area (Å²) >= 11 is 0. The minimum atomic E-state index is -0.896. The summed E-state index contributed by atoms with van der Waals surface area (Å²) in [6.07, 6.45) is -0.231. The van der Waals surface area contributed by atoms with Gasteiger partial charge in [0.25, 0.3) is 0 Å². The summed E-state index contributed by atoms with van der Waals surface area (Å²) in [6, 6.07) is -1.51. The molecule has 0 bridgehead atoms. The Hall–Kier alpha value is -2.16. The number of amides is 3. The lowest BCUT2D eigenvalue weighted by molar-refractivity contribution is -0.153. The van der Waals surface area contributed by atoms with E-state index in [4.69, 9.17) is 4.74 Å². The molecule has 0 aromatic carbocycles. The normalized spacial score (nSPS) is 23.9. The molecule has 0 aromatic heterocycles. The molecule has 0 radical (unpaired) electrons. The number of ether oxygens (including phenoxy) is 1. The molecule has 0 saturated carbocycles. The summed E-state index contributed by atoms with van der Waals surface area (Å²) in [7, 11) is 0. The van der Waals surface area contributed by atoms with Crippen molar-refractivity contribution < 1.29 is 23.9 Å². The summed E-state index contributed by atoms with van der Waals surface area (Å²) in [5, 5.41) is 8.35. The van der Waals surface area contributed by atoms with Gasteiger partial charge in [-0.05, 0) is 5.92 Å². The first-order chi connectivity index (χ1) is 11.9. The first-order valence-electron chi connectivity index (χ1n) is 8.62. The molecular weight excluding hydrogens is 328 g/mol.